The number of nitrogens with zero attached hydrogens (tertiary/aromatic N) is 1. The summed E-state index contributed by atoms with van der Waals surface area (Å²) in [5, 5.41) is 4.13. The molecule has 2 heterocycles. The van der Waals surface area contributed by atoms with Gasteiger partial charge in [-0.3, -0.25) is 9.59 Å². The highest BCUT2D eigenvalue weighted by Crippen LogP contribution is 2.29. The summed E-state index contributed by atoms with van der Waals surface area (Å²) >= 11 is 0. The topological polar surface area (TPSA) is 74.4 Å². The maximum atomic E-state index is 13.3. The number of para-hydroxylation sites is 2. The van der Waals surface area contributed by atoms with Crippen molar-refractivity contribution in [1.82, 2.24) is 15.2 Å². The molecule has 0 aliphatic carbocycles. The highest BCUT2D eigenvalue weighted by Gasteiger charge is 2.30. The van der Waals surface area contributed by atoms with E-state index >= 15 is 0 Å². The number of amides is 2. The van der Waals surface area contributed by atoms with Gasteiger partial charge in [0.15, 0.2) is 0 Å². The molecule has 0 fully saturated rings. The minimum atomic E-state index is -0.601. The Morgan fingerprint density at radius 3 is 2.56 bits per heavy atom. The highest BCUT2D eigenvalue weighted by atomic mass is 16.5. The summed E-state index contributed by atoms with van der Waals surface area (Å²) < 4.78 is 5.30. The van der Waals surface area contributed by atoms with Gasteiger partial charge in [-0.2, -0.15) is 0 Å². The third kappa shape index (κ3) is 4.26. The first-order chi connectivity index (χ1) is 15.5. The number of benzene rings is 2. The van der Waals surface area contributed by atoms with Gasteiger partial charge in [-0.1, -0.05) is 50.3 Å². The van der Waals surface area contributed by atoms with Crippen LogP contribution in [0, 0.1) is 5.92 Å². The van der Waals surface area contributed by atoms with Crippen LogP contribution in [0.25, 0.3) is 16.5 Å². The molecule has 1 atom stereocenters. The van der Waals surface area contributed by atoms with Gasteiger partial charge in [0.2, 0.25) is 5.91 Å². The average molecular weight is 432 g/mol. The number of methoxy groups -OCH3 is 1. The molecular weight excluding hydrogens is 402 g/mol. The van der Waals surface area contributed by atoms with Crippen molar-refractivity contribution in [3.63, 3.8) is 0 Å². The Morgan fingerprint density at radius 2 is 1.84 bits per heavy atom. The summed E-state index contributed by atoms with van der Waals surface area (Å²) in [5.74, 6) is 0.0865. The van der Waals surface area contributed by atoms with Crippen molar-refractivity contribution in [3.8, 4) is 5.75 Å². The molecule has 0 radical (unpaired) electrons. The second kappa shape index (κ2) is 9.30. The van der Waals surface area contributed by atoms with Gasteiger partial charge in [-0.25, -0.2) is 0 Å². The quantitative estimate of drug-likeness (QED) is 0.613. The summed E-state index contributed by atoms with van der Waals surface area (Å²) in [5.41, 5.74) is 3.97. The zero-order chi connectivity index (χ0) is 22.7. The lowest BCUT2D eigenvalue weighted by Crippen LogP contribution is -2.52. The third-order valence-electron chi connectivity index (χ3n) is 6.03. The van der Waals surface area contributed by atoms with Crippen LogP contribution in [0.2, 0.25) is 0 Å². The third-order valence-corrected chi connectivity index (χ3v) is 6.03. The van der Waals surface area contributed by atoms with Gasteiger partial charge in [-0.15, -0.1) is 0 Å². The van der Waals surface area contributed by atoms with E-state index in [0.29, 0.717) is 24.4 Å². The first kappa shape index (κ1) is 21.7. The molecule has 0 bridgehead atoms. The van der Waals surface area contributed by atoms with Crippen molar-refractivity contribution >= 4 is 28.3 Å². The van der Waals surface area contributed by atoms with Crippen LogP contribution in [0.5, 0.6) is 5.75 Å². The number of carbonyl (C=O) groups is 2. The van der Waals surface area contributed by atoms with E-state index in [1.165, 1.54) is 23.6 Å². The number of aromatic nitrogens is 1. The van der Waals surface area contributed by atoms with E-state index in [4.69, 9.17) is 4.74 Å². The summed E-state index contributed by atoms with van der Waals surface area (Å²) in [7, 11) is 1.53. The van der Waals surface area contributed by atoms with E-state index in [-0.39, 0.29) is 17.7 Å². The van der Waals surface area contributed by atoms with E-state index in [0.717, 1.165) is 11.9 Å². The van der Waals surface area contributed by atoms with Gasteiger partial charge in [-0.05, 0) is 36.1 Å². The minimum absolute atomic E-state index is 0.0415. The number of ether oxygens (including phenoxy) is 1. The Labute approximate surface area is 188 Å². The van der Waals surface area contributed by atoms with Gasteiger partial charge < -0.3 is 19.9 Å². The van der Waals surface area contributed by atoms with Crippen molar-refractivity contribution in [2.24, 2.45) is 5.92 Å². The number of aromatic amines is 1. The Morgan fingerprint density at radius 1 is 1.09 bits per heavy atom. The van der Waals surface area contributed by atoms with Crippen molar-refractivity contribution < 1.29 is 14.3 Å². The molecule has 6 heteroatoms. The predicted octanol–water partition coefficient (Wildman–Crippen LogP) is 4.25. The van der Waals surface area contributed by atoms with Crippen LogP contribution < -0.4 is 10.1 Å². The smallest absolute Gasteiger partial charge is 0.255 e. The summed E-state index contributed by atoms with van der Waals surface area (Å²) in [6.07, 6.45) is 4.94. The summed E-state index contributed by atoms with van der Waals surface area (Å²) in [4.78, 5) is 31.3. The van der Waals surface area contributed by atoms with Crippen molar-refractivity contribution in [1.29, 1.82) is 0 Å². The van der Waals surface area contributed by atoms with Crippen molar-refractivity contribution in [3.05, 3.63) is 71.9 Å². The largest absolute Gasteiger partial charge is 0.496 e. The molecule has 2 aromatic carbocycles. The number of hydrogen-bond donors (Lipinski definition) is 2. The Balaban J connectivity index is 1.48. The maximum Gasteiger partial charge on any atom is 0.255 e. The fourth-order valence-corrected chi connectivity index (χ4v) is 4.21. The monoisotopic (exact) mass is 431 g/mol. The first-order valence-electron chi connectivity index (χ1n) is 11.0. The number of fused-ring (bicyclic) bond motifs is 1. The zero-order valence-electron chi connectivity index (χ0n) is 18.7. The number of carbonyl (C=O) groups excluding carboxylic acids is 2. The minimum Gasteiger partial charge on any atom is -0.496 e. The average Bonchev–Trinajstić information content (AvgIpc) is 3.26. The normalized spacial score (nSPS) is 14.9. The number of hydrogen-bond acceptors (Lipinski definition) is 3. The maximum absolute atomic E-state index is 13.3. The molecule has 0 spiro atoms. The Hall–Kier alpha value is -3.54. The molecule has 6 nitrogen and oxygen atoms in total. The summed E-state index contributed by atoms with van der Waals surface area (Å²) in [6.45, 7) is 5.05. The van der Waals surface area contributed by atoms with Crippen LogP contribution in [-0.2, 0) is 4.79 Å². The molecule has 1 aliphatic rings. The molecule has 2 amide bonds. The van der Waals surface area contributed by atoms with E-state index < -0.39 is 6.04 Å². The van der Waals surface area contributed by atoms with Crippen molar-refractivity contribution in [2.75, 3.05) is 20.2 Å². The zero-order valence-corrected chi connectivity index (χ0v) is 18.7. The highest BCUT2D eigenvalue weighted by molar-refractivity contribution is 6.00. The van der Waals surface area contributed by atoms with E-state index in [9.17, 15) is 9.59 Å². The lowest BCUT2D eigenvalue weighted by molar-refractivity contribution is -0.133. The molecule has 4 rings (SSSR count). The molecule has 0 saturated heterocycles. The van der Waals surface area contributed by atoms with Gasteiger partial charge >= 0.3 is 0 Å². The van der Waals surface area contributed by atoms with Crippen LogP contribution in [-0.4, -0.2) is 47.9 Å². The number of nitrogens with one attached hydrogen (secondary N) is 2. The fraction of sp³-hybridized carbons (Fsp3) is 0.308. The molecule has 1 aromatic heterocycles. The number of H-pyrrole nitrogens is 1. The van der Waals surface area contributed by atoms with E-state index in [1.807, 2.05) is 43.1 Å². The van der Waals surface area contributed by atoms with Gasteiger partial charge in [0, 0.05) is 35.8 Å². The lowest BCUT2D eigenvalue weighted by atomic mass is 9.97. The Bertz CT molecular complexity index is 1160. The second-order valence-electron chi connectivity index (χ2n) is 8.41. The fourth-order valence-electron chi connectivity index (χ4n) is 4.21. The first-order valence-corrected chi connectivity index (χ1v) is 11.0. The van der Waals surface area contributed by atoms with Gasteiger partial charge in [0.25, 0.3) is 5.91 Å². The molecule has 0 unspecified atom stereocenters. The molecule has 2 N–H and O–H groups in total. The van der Waals surface area contributed by atoms with E-state index in [2.05, 4.69) is 28.5 Å². The van der Waals surface area contributed by atoms with Crippen LogP contribution in [0.3, 0.4) is 0 Å². The van der Waals surface area contributed by atoms with E-state index in [1.54, 1.807) is 18.2 Å². The lowest BCUT2D eigenvalue weighted by Gasteiger charge is -2.32. The predicted molar refractivity (Wildman–Crippen MR) is 127 cm³/mol. The number of rotatable bonds is 6. The molecule has 3 aromatic rings. The van der Waals surface area contributed by atoms with Crippen LogP contribution in [0.15, 0.2) is 60.8 Å². The summed E-state index contributed by atoms with van der Waals surface area (Å²) in [6, 6.07) is 14.7. The molecule has 0 saturated carbocycles. The van der Waals surface area contributed by atoms with Crippen LogP contribution in [0.1, 0.15) is 36.2 Å². The van der Waals surface area contributed by atoms with Gasteiger partial charge in [0.05, 0.1) is 12.7 Å². The Kier molecular flexibility index (Phi) is 6.30. The second-order valence-corrected chi connectivity index (χ2v) is 8.41. The van der Waals surface area contributed by atoms with Crippen molar-refractivity contribution in [2.45, 2.75) is 26.3 Å². The van der Waals surface area contributed by atoms with Crippen LogP contribution >= 0.6 is 0 Å². The molecule has 32 heavy (non-hydrogen) atoms. The molecule has 1 aliphatic heterocycles. The molecule has 166 valence electrons. The standard InChI is InChI=1S/C26H29N3O3/c1-17(2)24(28-25(30)20-9-5-7-11-23(20)32-3)26(31)29-14-12-18(13-15-29)21-16-27-22-10-6-4-8-19(21)22/h4-12,16-17,24,27H,13-15H2,1-3H3,(H,28,30)/t24-/m0/s1. The SMILES string of the molecule is COc1ccccc1C(=O)N[C@H](C(=O)N1CC=C(c2c[nH]c3ccccc23)CC1)C(C)C. The van der Waals surface area contributed by atoms with Gasteiger partial charge in [0.1, 0.15) is 11.8 Å². The van der Waals surface area contributed by atoms with Crippen LogP contribution in [0.4, 0.5) is 0 Å². The molecular formula is C26H29N3O3.